The maximum Gasteiger partial charge on any atom is 0.332 e. The Bertz CT molecular complexity index is 1110. The third-order valence-electron chi connectivity index (χ3n) is 5.14. The van der Waals surface area contributed by atoms with Gasteiger partial charge in [-0.25, -0.2) is 4.79 Å². The van der Waals surface area contributed by atoms with E-state index in [4.69, 9.17) is 5.73 Å². The lowest BCUT2D eigenvalue weighted by molar-refractivity contribution is -0.116. The third kappa shape index (κ3) is 4.60. The number of rotatable bonds is 8. The second kappa shape index (κ2) is 9.93. The number of hydrogen-bond donors (Lipinski definition) is 2. The number of nitrogens with one attached hydrogen (secondary N) is 1. The average Bonchev–Trinajstić information content (AvgIpc) is 2.79. The minimum atomic E-state index is -0.632. The lowest BCUT2D eigenvalue weighted by atomic mass is 9.90. The smallest absolute Gasteiger partial charge is 0.332 e. The van der Waals surface area contributed by atoms with Gasteiger partial charge in [-0.05, 0) is 24.0 Å². The molecule has 7 nitrogen and oxygen atoms in total. The molecule has 3 N–H and O–H groups in total. The van der Waals surface area contributed by atoms with Gasteiger partial charge < -0.3 is 11.1 Å². The molecular weight excluding hydrogens is 392 g/mol. The van der Waals surface area contributed by atoms with Crippen molar-refractivity contribution < 1.29 is 4.79 Å². The molecule has 0 fully saturated rings. The minimum Gasteiger partial charge on any atom is -0.383 e. The SMILES string of the molecule is CCCn1c(N)c(NC(=O)C(c2ccccc2)c2ccccc2)c(=O)n(CCC)c1=O. The molecule has 0 unspecified atom stereocenters. The van der Waals surface area contributed by atoms with Gasteiger partial charge in [-0.2, -0.15) is 0 Å². The van der Waals surface area contributed by atoms with Crippen LogP contribution in [0.1, 0.15) is 43.7 Å². The summed E-state index contributed by atoms with van der Waals surface area (Å²) in [6.45, 7) is 4.41. The topological polar surface area (TPSA) is 99.1 Å². The maximum absolute atomic E-state index is 13.4. The molecule has 162 valence electrons. The molecular formula is C24H28N4O3. The summed E-state index contributed by atoms with van der Waals surface area (Å²) in [5, 5.41) is 2.74. The zero-order valence-corrected chi connectivity index (χ0v) is 17.9. The molecule has 0 atom stereocenters. The van der Waals surface area contributed by atoms with Crippen molar-refractivity contribution in [1.82, 2.24) is 9.13 Å². The molecule has 0 bridgehead atoms. The monoisotopic (exact) mass is 420 g/mol. The summed E-state index contributed by atoms with van der Waals surface area (Å²) in [5.41, 5.74) is 6.70. The maximum atomic E-state index is 13.4. The van der Waals surface area contributed by atoms with E-state index in [-0.39, 0.29) is 24.0 Å². The Labute approximate surface area is 181 Å². The first kappa shape index (κ1) is 22.1. The predicted molar refractivity (Wildman–Crippen MR) is 123 cm³/mol. The highest BCUT2D eigenvalue weighted by Crippen LogP contribution is 2.26. The van der Waals surface area contributed by atoms with Crippen molar-refractivity contribution in [3.05, 3.63) is 92.6 Å². The van der Waals surface area contributed by atoms with E-state index in [2.05, 4.69) is 5.32 Å². The molecule has 1 aromatic heterocycles. The number of nitrogens with zero attached hydrogens (tertiary/aromatic N) is 2. The van der Waals surface area contributed by atoms with Gasteiger partial charge in [0, 0.05) is 13.1 Å². The fourth-order valence-corrected chi connectivity index (χ4v) is 3.67. The van der Waals surface area contributed by atoms with Gasteiger partial charge in [0.2, 0.25) is 5.91 Å². The van der Waals surface area contributed by atoms with Crippen LogP contribution in [0.5, 0.6) is 0 Å². The number of nitrogens with two attached hydrogens (primary N) is 1. The van der Waals surface area contributed by atoms with Crippen molar-refractivity contribution in [3.63, 3.8) is 0 Å². The van der Waals surface area contributed by atoms with Crippen LogP contribution in [0.2, 0.25) is 0 Å². The van der Waals surface area contributed by atoms with Crippen LogP contribution in [0, 0.1) is 0 Å². The fourth-order valence-electron chi connectivity index (χ4n) is 3.67. The number of anilines is 2. The highest BCUT2D eigenvalue weighted by atomic mass is 16.2. The summed E-state index contributed by atoms with van der Waals surface area (Å²) in [5.74, 6) is -1.03. The summed E-state index contributed by atoms with van der Waals surface area (Å²) in [6, 6.07) is 18.7. The summed E-state index contributed by atoms with van der Waals surface area (Å²) in [4.78, 5) is 39.2. The molecule has 7 heteroatoms. The molecule has 3 rings (SSSR count). The Kier molecular flexibility index (Phi) is 7.07. The van der Waals surface area contributed by atoms with Crippen LogP contribution >= 0.6 is 0 Å². The number of carbonyl (C=O) groups is 1. The first-order chi connectivity index (χ1) is 15.0. The van der Waals surface area contributed by atoms with Gasteiger partial charge in [0.05, 0.1) is 5.92 Å². The molecule has 0 aliphatic heterocycles. The fraction of sp³-hybridized carbons (Fsp3) is 0.292. The van der Waals surface area contributed by atoms with E-state index in [1.807, 2.05) is 74.5 Å². The number of nitrogen functional groups attached to an aromatic ring is 1. The van der Waals surface area contributed by atoms with E-state index in [1.54, 1.807) is 0 Å². The second-order valence-electron chi connectivity index (χ2n) is 7.39. The average molecular weight is 421 g/mol. The number of amides is 1. The van der Waals surface area contributed by atoms with Crippen molar-refractivity contribution in [2.75, 3.05) is 11.1 Å². The van der Waals surface area contributed by atoms with E-state index >= 15 is 0 Å². The predicted octanol–water partition coefficient (Wildman–Crippen LogP) is 3.18. The van der Waals surface area contributed by atoms with Crippen LogP contribution in [0.3, 0.4) is 0 Å². The van der Waals surface area contributed by atoms with Crippen LogP contribution in [0.4, 0.5) is 11.5 Å². The summed E-state index contributed by atoms with van der Waals surface area (Å²) in [6.07, 6.45) is 1.27. The highest BCUT2D eigenvalue weighted by molar-refractivity contribution is 5.99. The number of benzene rings is 2. The summed E-state index contributed by atoms with van der Waals surface area (Å²) in [7, 11) is 0. The molecule has 0 saturated heterocycles. The largest absolute Gasteiger partial charge is 0.383 e. The van der Waals surface area contributed by atoms with Gasteiger partial charge in [-0.1, -0.05) is 74.5 Å². The zero-order valence-electron chi connectivity index (χ0n) is 17.9. The van der Waals surface area contributed by atoms with Crippen LogP contribution in [-0.2, 0) is 17.9 Å². The molecule has 0 aliphatic rings. The van der Waals surface area contributed by atoms with Gasteiger partial charge in [0.25, 0.3) is 5.56 Å². The van der Waals surface area contributed by atoms with Crippen molar-refractivity contribution in [2.45, 2.75) is 45.7 Å². The van der Waals surface area contributed by atoms with Crippen LogP contribution in [0.15, 0.2) is 70.3 Å². The molecule has 0 saturated carbocycles. The summed E-state index contributed by atoms with van der Waals surface area (Å²) >= 11 is 0. The van der Waals surface area contributed by atoms with Gasteiger partial charge in [0.1, 0.15) is 11.5 Å². The molecule has 0 spiro atoms. The number of hydrogen-bond acceptors (Lipinski definition) is 4. The molecule has 0 aliphatic carbocycles. The molecule has 1 amide bonds. The van der Waals surface area contributed by atoms with E-state index in [1.165, 1.54) is 4.57 Å². The second-order valence-corrected chi connectivity index (χ2v) is 7.39. The Morgan fingerprint density at radius 2 is 1.35 bits per heavy atom. The van der Waals surface area contributed by atoms with Gasteiger partial charge >= 0.3 is 5.69 Å². The number of carbonyl (C=O) groups excluding carboxylic acids is 1. The third-order valence-corrected chi connectivity index (χ3v) is 5.14. The zero-order chi connectivity index (χ0) is 22.4. The summed E-state index contributed by atoms with van der Waals surface area (Å²) < 4.78 is 2.49. The van der Waals surface area contributed by atoms with Crippen LogP contribution < -0.4 is 22.3 Å². The van der Waals surface area contributed by atoms with Crippen molar-refractivity contribution in [3.8, 4) is 0 Å². The normalized spacial score (nSPS) is 10.9. The first-order valence-corrected chi connectivity index (χ1v) is 10.5. The van der Waals surface area contributed by atoms with E-state index in [0.29, 0.717) is 19.4 Å². The van der Waals surface area contributed by atoms with Crippen molar-refractivity contribution in [2.24, 2.45) is 0 Å². The lowest BCUT2D eigenvalue weighted by Crippen LogP contribution is -2.43. The van der Waals surface area contributed by atoms with E-state index < -0.39 is 17.2 Å². The van der Waals surface area contributed by atoms with E-state index in [9.17, 15) is 14.4 Å². The standard InChI is InChI=1S/C24H28N4O3/c1-3-15-27-21(25)20(23(30)28(16-4-2)24(27)31)26-22(29)19(17-11-7-5-8-12-17)18-13-9-6-10-14-18/h5-14,19H,3-4,15-16,25H2,1-2H3,(H,26,29). The van der Waals surface area contributed by atoms with Crippen LogP contribution in [-0.4, -0.2) is 15.0 Å². The molecule has 1 heterocycles. The molecule has 31 heavy (non-hydrogen) atoms. The van der Waals surface area contributed by atoms with Crippen molar-refractivity contribution >= 4 is 17.4 Å². The quantitative estimate of drug-likeness (QED) is 0.585. The van der Waals surface area contributed by atoms with Gasteiger partial charge in [-0.15, -0.1) is 0 Å². The first-order valence-electron chi connectivity index (χ1n) is 10.5. The molecule has 3 aromatic rings. The Hall–Kier alpha value is -3.61. The molecule has 0 radical (unpaired) electrons. The van der Waals surface area contributed by atoms with Gasteiger partial charge in [0.15, 0.2) is 0 Å². The Balaban J connectivity index is 2.10. The van der Waals surface area contributed by atoms with Gasteiger partial charge in [-0.3, -0.25) is 18.7 Å². The Morgan fingerprint density at radius 3 is 1.84 bits per heavy atom. The molecule has 2 aromatic carbocycles. The Morgan fingerprint density at radius 1 is 0.871 bits per heavy atom. The lowest BCUT2D eigenvalue weighted by Gasteiger charge is -2.20. The van der Waals surface area contributed by atoms with E-state index in [0.717, 1.165) is 15.7 Å². The highest BCUT2D eigenvalue weighted by Gasteiger charge is 2.26. The van der Waals surface area contributed by atoms with Crippen LogP contribution in [0.25, 0.3) is 0 Å². The minimum absolute atomic E-state index is 0.0163. The number of aromatic nitrogens is 2. The van der Waals surface area contributed by atoms with Crippen molar-refractivity contribution in [1.29, 1.82) is 0 Å².